The average Bonchev–Trinajstić information content (AvgIpc) is 2.15. The van der Waals surface area contributed by atoms with E-state index in [1.54, 1.807) is 0 Å². The van der Waals surface area contributed by atoms with Crippen molar-refractivity contribution >= 4 is 5.82 Å². The number of rotatable bonds is 3. The number of ether oxygens (including phenoxy) is 1. The van der Waals surface area contributed by atoms with E-state index in [0.717, 1.165) is 6.07 Å². The molecule has 0 saturated heterocycles. The minimum atomic E-state index is -4.51. The fourth-order valence-electron chi connectivity index (χ4n) is 0.814. The lowest BCUT2D eigenvalue weighted by molar-refractivity contribution is -0.154. The first kappa shape index (κ1) is 11.5. The van der Waals surface area contributed by atoms with Crippen LogP contribution in [0.2, 0.25) is 0 Å². The van der Waals surface area contributed by atoms with Gasteiger partial charge in [0.1, 0.15) is 5.82 Å². The summed E-state index contributed by atoms with van der Waals surface area (Å²) >= 11 is 0. The number of pyridine rings is 1. The Morgan fingerprint density at radius 3 is 2.60 bits per heavy atom. The zero-order valence-corrected chi connectivity index (χ0v) is 7.73. The molecule has 1 rings (SSSR count). The van der Waals surface area contributed by atoms with Gasteiger partial charge in [0.05, 0.1) is 0 Å². The number of aromatic nitrogens is 1. The molecule has 15 heavy (non-hydrogen) atoms. The van der Waals surface area contributed by atoms with Crippen LogP contribution in [0, 0.1) is 5.82 Å². The molecule has 0 fully saturated rings. The number of hydrogen-bond acceptors (Lipinski definition) is 3. The van der Waals surface area contributed by atoms with Crippen molar-refractivity contribution in [3.8, 4) is 5.88 Å². The molecule has 7 heteroatoms. The maximum absolute atomic E-state index is 12.9. The second-order valence-electron chi connectivity index (χ2n) is 2.64. The first-order valence-electron chi connectivity index (χ1n) is 3.96. The summed E-state index contributed by atoms with van der Waals surface area (Å²) in [5.41, 5.74) is 0. The highest BCUT2D eigenvalue weighted by Crippen LogP contribution is 2.20. The van der Waals surface area contributed by atoms with Gasteiger partial charge in [-0.1, -0.05) is 0 Å². The molecular weight excluding hydrogens is 216 g/mol. The normalized spacial score (nSPS) is 11.3. The van der Waals surface area contributed by atoms with Crippen LogP contribution in [0.4, 0.5) is 23.4 Å². The SMILES string of the molecule is CNc1ccc(F)c(OCC(F)(F)F)n1. The molecule has 3 nitrogen and oxygen atoms in total. The van der Waals surface area contributed by atoms with Gasteiger partial charge in [0, 0.05) is 7.05 Å². The maximum atomic E-state index is 12.9. The van der Waals surface area contributed by atoms with E-state index in [0.29, 0.717) is 0 Å². The van der Waals surface area contributed by atoms with E-state index in [1.807, 2.05) is 0 Å². The smallest absolute Gasteiger partial charge is 0.422 e. The predicted octanol–water partition coefficient (Wildman–Crippen LogP) is 2.20. The summed E-state index contributed by atoms with van der Waals surface area (Å²) in [4.78, 5) is 3.49. The van der Waals surface area contributed by atoms with Gasteiger partial charge in [-0.05, 0) is 12.1 Å². The third-order valence-electron chi connectivity index (χ3n) is 1.44. The third kappa shape index (κ3) is 3.61. The number of alkyl halides is 3. The summed E-state index contributed by atoms with van der Waals surface area (Å²) < 4.78 is 52.4. The summed E-state index contributed by atoms with van der Waals surface area (Å²) in [7, 11) is 1.51. The topological polar surface area (TPSA) is 34.1 Å². The predicted molar refractivity (Wildman–Crippen MR) is 45.3 cm³/mol. The van der Waals surface area contributed by atoms with Crippen molar-refractivity contribution in [2.45, 2.75) is 6.18 Å². The van der Waals surface area contributed by atoms with Gasteiger partial charge in [-0.25, -0.2) is 4.39 Å². The molecule has 0 aliphatic carbocycles. The second kappa shape index (κ2) is 4.33. The standard InChI is InChI=1S/C8H8F4N2O/c1-13-6-3-2-5(9)7(14-6)15-4-8(10,11)12/h2-3H,4H2,1H3,(H,13,14). The van der Waals surface area contributed by atoms with Crippen LogP contribution in [-0.2, 0) is 0 Å². The molecule has 0 spiro atoms. The van der Waals surface area contributed by atoms with Crippen molar-refractivity contribution in [3.63, 3.8) is 0 Å². The minimum absolute atomic E-state index is 0.230. The van der Waals surface area contributed by atoms with Crippen LogP contribution >= 0.6 is 0 Å². The quantitative estimate of drug-likeness (QED) is 0.799. The van der Waals surface area contributed by atoms with Crippen molar-refractivity contribution in [1.29, 1.82) is 0 Å². The van der Waals surface area contributed by atoms with Crippen LogP contribution < -0.4 is 10.1 Å². The van der Waals surface area contributed by atoms with E-state index in [2.05, 4.69) is 15.0 Å². The van der Waals surface area contributed by atoms with Crippen LogP contribution in [0.1, 0.15) is 0 Å². The van der Waals surface area contributed by atoms with E-state index in [4.69, 9.17) is 0 Å². The molecule has 0 aliphatic heterocycles. The van der Waals surface area contributed by atoms with Gasteiger partial charge in [0.15, 0.2) is 12.4 Å². The zero-order valence-electron chi connectivity index (χ0n) is 7.73. The van der Waals surface area contributed by atoms with Crippen LogP contribution in [0.25, 0.3) is 0 Å². The molecule has 0 radical (unpaired) electrons. The lowest BCUT2D eigenvalue weighted by Crippen LogP contribution is -2.20. The van der Waals surface area contributed by atoms with Gasteiger partial charge in [-0.3, -0.25) is 0 Å². The number of nitrogens with zero attached hydrogens (tertiary/aromatic N) is 1. The van der Waals surface area contributed by atoms with Gasteiger partial charge in [-0.2, -0.15) is 18.2 Å². The summed E-state index contributed by atoms with van der Waals surface area (Å²) in [6, 6.07) is 2.26. The Morgan fingerprint density at radius 2 is 2.07 bits per heavy atom. The Labute approximate surface area is 83.1 Å². The molecule has 0 atom stereocenters. The Kier molecular flexibility index (Phi) is 3.33. The number of anilines is 1. The molecule has 0 aromatic carbocycles. The Bertz CT molecular complexity index is 340. The molecule has 1 heterocycles. The van der Waals surface area contributed by atoms with Crippen molar-refractivity contribution in [2.75, 3.05) is 19.0 Å². The summed E-state index contributed by atoms with van der Waals surface area (Å²) in [6.45, 7) is -1.57. The molecule has 0 unspecified atom stereocenters. The van der Waals surface area contributed by atoms with Crippen LogP contribution in [0.15, 0.2) is 12.1 Å². The number of halogens is 4. The molecule has 0 amide bonds. The largest absolute Gasteiger partial charge is 0.466 e. The monoisotopic (exact) mass is 224 g/mol. The first-order chi connectivity index (χ1) is 6.92. The lowest BCUT2D eigenvalue weighted by atomic mass is 10.4. The highest BCUT2D eigenvalue weighted by atomic mass is 19.4. The minimum Gasteiger partial charge on any atom is -0.466 e. The van der Waals surface area contributed by atoms with Gasteiger partial charge < -0.3 is 10.1 Å². The van der Waals surface area contributed by atoms with Crippen LogP contribution in [-0.4, -0.2) is 24.8 Å². The van der Waals surface area contributed by atoms with Crippen molar-refractivity contribution in [3.05, 3.63) is 17.9 Å². The highest BCUT2D eigenvalue weighted by molar-refractivity contribution is 5.36. The van der Waals surface area contributed by atoms with E-state index < -0.39 is 24.5 Å². The molecule has 0 aliphatic rings. The summed E-state index contributed by atoms with van der Waals surface area (Å²) in [5.74, 6) is -1.37. The van der Waals surface area contributed by atoms with E-state index in [9.17, 15) is 17.6 Å². The van der Waals surface area contributed by atoms with E-state index in [1.165, 1.54) is 13.1 Å². The molecule has 1 aromatic rings. The van der Waals surface area contributed by atoms with E-state index in [-0.39, 0.29) is 5.82 Å². The van der Waals surface area contributed by atoms with Gasteiger partial charge >= 0.3 is 6.18 Å². The summed E-state index contributed by atoms with van der Waals surface area (Å²) in [6.07, 6.45) is -4.51. The molecule has 84 valence electrons. The van der Waals surface area contributed by atoms with Crippen molar-refractivity contribution in [1.82, 2.24) is 4.98 Å². The van der Waals surface area contributed by atoms with Gasteiger partial charge in [0.25, 0.3) is 5.88 Å². The molecular formula is C8H8F4N2O. The fourth-order valence-corrected chi connectivity index (χ4v) is 0.814. The molecule has 1 aromatic heterocycles. The Morgan fingerprint density at radius 1 is 1.40 bits per heavy atom. The first-order valence-corrected chi connectivity index (χ1v) is 3.96. The number of hydrogen-bond donors (Lipinski definition) is 1. The molecule has 0 bridgehead atoms. The highest BCUT2D eigenvalue weighted by Gasteiger charge is 2.29. The van der Waals surface area contributed by atoms with Gasteiger partial charge in [-0.15, -0.1) is 0 Å². The molecule has 1 N–H and O–H groups in total. The average molecular weight is 224 g/mol. The van der Waals surface area contributed by atoms with E-state index >= 15 is 0 Å². The van der Waals surface area contributed by atoms with Crippen molar-refractivity contribution in [2.24, 2.45) is 0 Å². The van der Waals surface area contributed by atoms with Crippen LogP contribution in [0.5, 0.6) is 5.88 Å². The lowest BCUT2D eigenvalue weighted by Gasteiger charge is -2.09. The third-order valence-corrected chi connectivity index (χ3v) is 1.44. The fraction of sp³-hybridized carbons (Fsp3) is 0.375. The van der Waals surface area contributed by atoms with Crippen LogP contribution in [0.3, 0.4) is 0 Å². The second-order valence-corrected chi connectivity index (χ2v) is 2.64. The van der Waals surface area contributed by atoms with Crippen molar-refractivity contribution < 1.29 is 22.3 Å². The molecule has 0 saturated carbocycles. The Hall–Kier alpha value is -1.53. The number of nitrogens with one attached hydrogen (secondary N) is 1. The zero-order chi connectivity index (χ0) is 11.5. The maximum Gasteiger partial charge on any atom is 0.422 e. The summed E-state index contributed by atoms with van der Waals surface area (Å²) in [5, 5.41) is 2.55. The van der Waals surface area contributed by atoms with Gasteiger partial charge in [0.2, 0.25) is 0 Å². The Balaban J connectivity index is 2.75.